The van der Waals surface area contributed by atoms with Crippen molar-refractivity contribution in [2.24, 2.45) is 0 Å². The minimum atomic E-state index is -0.431. The highest BCUT2D eigenvalue weighted by atomic mass is 32.1. The summed E-state index contributed by atoms with van der Waals surface area (Å²) in [5.41, 5.74) is 2.15. The summed E-state index contributed by atoms with van der Waals surface area (Å²) in [6, 6.07) is 0. The number of likely N-dealkylation sites (N-methyl/N-ethyl adjacent to an activating group) is 1. The van der Waals surface area contributed by atoms with Gasteiger partial charge < -0.3 is 14.5 Å². The molecule has 1 unspecified atom stereocenters. The summed E-state index contributed by atoms with van der Waals surface area (Å²) in [7, 11) is 3.49. The third-order valence-electron chi connectivity index (χ3n) is 3.59. The Morgan fingerprint density at radius 1 is 1.48 bits per heavy atom. The molecule has 0 spiro atoms. The SMILES string of the molecule is Cc1csc2c(N3CCOC(C(=O)N(C)C)C3)ncnc12. The van der Waals surface area contributed by atoms with Crippen LogP contribution in [0, 0.1) is 6.92 Å². The smallest absolute Gasteiger partial charge is 0.253 e. The van der Waals surface area contributed by atoms with E-state index in [2.05, 4.69) is 20.2 Å². The van der Waals surface area contributed by atoms with Crippen molar-refractivity contribution in [1.29, 1.82) is 0 Å². The number of aryl methyl sites for hydroxylation is 1. The molecule has 6 nitrogen and oxygen atoms in total. The fourth-order valence-electron chi connectivity index (χ4n) is 2.46. The van der Waals surface area contributed by atoms with E-state index in [0.29, 0.717) is 13.2 Å². The summed E-state index contributed by atoms with van der Waals surface area (Å²) in [5, 5.41) is 2.09. The normalized spacial score (nSPS) is 19.0. The van der Waals surface area contributed by atoms with Crippen molar-refractivity contribution >= 4 is 33.3 Å². The molecule has 112 valence electrons. The Morgan fingerprint density at radius 3 is 3.05 bits per heavy atom. The fraction of sp³-hybridized carbons (Fsp3) is 0.500. The van der Waals surface area contributed by atoms with Gasteiger partial charge in [-0.2, -0.15) is 0 Å². The number of ether oxygens (including phenoxy) is 1. The van der Waals surface area contributed by atoms with Gasteiger partial charge in [0.1, 0.15) is 12.1 Å². The topological polar surface area (TPSA) is 58.6 Å². The van der Waals surface area contributed by atoms with Gasteiger partial charge in [0.15, 0.2) is 6.10 Å². The van der Waals surface area contributed by atoms with Crippen LogP contribution in [-0.4, -0.2) is 60.7 Å². The van der Waals surface area contributed by atoms with Crippen LogP contribution in [0.4, 0.5) is 5.82 Å². The first-order valence-corrected chi connectivity index (χ1v) is 7.72. The number of anilines is 1. The molecule has 1 fully saturated rings. The highest BCUT2D eigenvalue weighted by Crippen LogP contribution is 2.31. The van der Waals surface area contributed by atoms with Crippen LogP contribution < -0.4 is 4.90 Å². The summed E-state index contributed by atoms with van der Waals surface area (Å²) in [6.07, 6.45) is 1.16. The van der Waals surface area contributed by atoms with Gasteiger partial charge in [0, 0.05) is 20.6 Å². The first kappa shape index (κ1) is 14.2. The van der Waals surface area contributed by atoms with Crippen LogP contribution in [0.5, 0.6) is 0 Å². The van der Waals surface area contributed by atoms with Crippen LogP contribution in [0.25, 0.3) is 10.2 Å². The van der Waals surface area contributed by atoms with Crippen LogP contribution in [0.2, 0.25) is 0 Å². The number of morpholine rings is 1. The molecular weight excluding hydrogens is 288 g/mol. The predicted molar refractivity (Wildman–Crippen MR) is 82.8 cm³/mol. The number of aromatic nitrogens is 2. The molecule has 1 saturated heterocycles. The lowest BCUT2D eigenvalue weighted by atomic mass is 10.2. The number of carbonyl (C=O) groups excluding carboxylic acids is 1. The van der Waals surface area contributed by atoms with E-state index in [-0.39, 0.29) is 5.91 Å². The molecule has 1 amide bonds. The van der Waals surface area contributed by atoms with Crippen molar-refractivity contribution in [3.63, 3.8) is 0 Å². The van der Waals surface area contributed by atoms with Gasteiger partial charge in [-0.1, -0.05) is 0 Å². The zero-order chi connectivity index (χ0) is 15.0. The minimum Gasteiger partial charge on any atom is -0.365 e. The van der Waals surface area contributed by atoms with Crippen molar-refractivity contribution in [1.82, 2.24) is 14.9 Å². The zero-order valence-electron chi connectivity index (χ0n) is 12.4. The molecular formula is C14H18N4O2S. The molecule has 1 aliphatic heterocycles. The second-order valence-corrected chi connectivity index (χ2v) is 6.21. The van der Waals surface area contributed by atoms with E-state index in [1.807, 2.05) is 6.92 Å². The van der Waals surface area contributed by atoms with Crippen molar-refractivity contribution in [3.05, 3.63) is 17.3 Å². The van der Waals surface area contributed by atoms with Crippen LogP contribution in [0.1, 0.15) is 5.56 Å². The molecule has 2 aromatic rings. The van der Waals surface area contributed by atoms with Crippen molar-refractivity contribution in [3.8, 4) is 0 Å². The second-order valence-electron chi connectivity index (χ2n) is 5.33. The number of fused-ring (bicyclic) bond motifs is 1. The highest BCUT2D eigenvalue weighted by Gasteiger charge is 2.29. The maximum absolute atomic E-state index is 12.1. The molecule has 1 atom stereocenters. The van der Waals surface area contributed by atoms with E-state index >= 15 is 0 Å². The quantitative estimate of drug-likeness (QED) is 0.837. The predicted octanol–water partition coefficient (Wildman–Crippen LogP) is 1.29. The molecule has 0 saturated carbocycles. The number of amides is 1. The van der Waals surface area contributed by atoms with E-state index in [9.17, 15) is 4.79 Å². The number of nitrogens with zero attached hydrogens (tertiary/aromatic N) is 4. The molecule has 0 radical (unpaired) electrons. The Hall–Kier alpha value is -1.73. The maximum atomic E-state index is 12.1. The molecule has 2 aromatic heterocycles. The standard InChI is InChI=1S/C14H18N4O2S/c1-9-7-21-12-11(9)15-8-16-13(12)18-4-5-20-10(6-18)14(19)17(2)3/h7-8,10H,4-6H2,1-3H3. The molecule has 1 aliphatic rings. The van der Waals surface area contributed by atoms with E-state index in [4.69, 9.17) is 4.74 Å². The van der Waals surface area contributed by atoms with Crippen LogP contribution >= 0.6 is 11.3 Å². The van der Waals surface area contributed by atoms with Gasteiger partial charge >= 0.3 is 0 Å². The number of rotatable bonds is 2. The number of hydrogen-bond acceptors (Lipinski definition) is 6. The lowest BCUT2D eigenvalue weighted by molar-refractivity contribution is -0.141. The molecule has 0 aliphatic carbocycles. The molecule has 21 heavy (non-hydrogen) atoms. The van der Waals surface area contributed by atoms with Crippen LogP contribution in [-0.2, 0) is 9.53 Å². The van der Waals surface area contributed by atoms with Crippen molar-refractivity contribution in [2.75, 3.05) is 38.7 Å². The van der Waals surface area contributed by atoms with Gasteiger partial charge in [-0.3, -0.25) is 4.79 Å². The van der Waals surface area contributed by atoms with Gasteiger partial charge in [-0.15, -0.1) is 11.3 Å². The molecule has 0 N–H and O–H groups in total. The van der Waals surface area contributed by atoms with E-state index in [1.54, 1.807) is 36.7 Å². The number of carbonyl (C=O) groups is 1. The van der Waals surface area contributed by atoms with Gasteiger partial charge in [0.25, 0.3) is 5.91 Å². The Morgan fingerprint density at radius 2 is 2.29 bits per heavy atom. The van der Waals surface area contributed by atoms with E-state index < -0.39 is 6.10 Å². The van der Waals surface area contributed by atoms with Gasteiger partial charge in [0.05, 0.1) is 23.4 Å². The second kappa shape index (κ2) is 5.57. The summed E-state index contributed by atoms with van der Waals surface area (Å²) >= 11 is 1.65. The lowest BCUT2D eigenvalue weighted by Gasteiger charge is -2.34. The average Bonchev–Trinajstić information content (AvgIpc) is 2.88. The third kappa shape index (κ3) is 2.58. The van der Waals surface area contributed by atoms with Crippen molar-refractivity contribution < 1.29 is 9.53 Å². The molecule has 7 heteroatoms. The summed E-state index contributed by atoms with van der Waals surface area (Å²) in [6.45, 7) is 3.84. The fourth-order valence-corrected chi connectivity index (χ4v) is 3.48. The van der Waals surface area contributed by atoms with E-state index in [0.717, 1.165) is 28.1 Å². The molecule has 3 heterocycles. The summed E-state index contributed by atoms with van der Waals surface area (Å²) in [5.74, 6) is 0.894. The van der Waals surface area contributed by atoms with Crippen molar-refractivity contribution in [2.45, 2.75) is 13.0 Å². The third-order valence-corrected chi connectivity index (χ3v) is 4.68. The minimum absolute atomic E-state index is 0.00707. The van der Waals surface area contributed by atoms with E-state index in [1.165, 1.54) is 0 Å². The highest BCUT2D eigenvalue weighted by molar-refractivity contribution is 7.18. The first-order valence-electron chi connectivity index (χ1n) is 6.84. The molecule has 0 bridgehead atoms. The maximum Gasteiger partial charge on any atom is 0.253 e. The zero-order valence-corrected chi connectivity index (χ0v) is 13.2. The summed E-state index contributed by atoms with van der Waals surface area (Å²) in [4.78, 5) is 24.5. The van der Waals surface area contributed by atoms with Crippen LogP contribution in [0.15, 0.2) is 11.7 Å². The van der Waals surface area contributed by atoms with Gasteiger partial charge in [-0.05, 0) is 17.9 Å². The van der Waals surface area contributed by atoms with Gasteiger partial charge in [-0.25, -0.2) is 9.97 Å². The number of hydrogen-bond donors (Lipinski definition) is 0. The summed E-state index contributed by atoms with van der Waals surface area (Å²) < 4.78 is 6.67. The molecule has 3 rings (SSSR count). The Balaban J connectivity index is 1.90. The largest absolute Gasteiger partial charge is 0.365 e. The van der Waals surface area contributed by atoms with Crippen LogP contribution in [0.3, 0.4) is 0 Å². The monoisotopic (exact) mass is 306 g/mol. The lowest BCUT2D eigenvalue weighted by Crippen LogP contribution is -2.49. The average molecular weight is 306 g/mol. The molecule has 0 aromatic carbocycles. The Labute approximate surface area is 127 Å². The Kier molecular flexibility index (Phi) is 3.77. The first-order chi connectivity index (χ1) is 10.1. The Bertz CT molecular complexity index is 670. The van der Waals surface area contributed by atoms with Gasteiger partial charge in [0.2, 0.25) is 0 Å². The number of thiophene rings is 1.